The van der Waals surface area contributed by atoms with Gasteiger partial charge in [0.2, 0.25) is 0 Å². The molecule has 0 fully saturated rings. The minimum atomic E-state index is -0.959. The van der Waals surface area contributed by atoms with Gasteiger partial charge < -0.3 is 10.4 Å². The molecule has 2 N–H and O–H groups in total. The first-order chi connectivity index (χ1) is 10.6. The number of aromatic nitrogens is 2. The molecule has 0 saturated heterocycles. The van der Waals surface area contributed by atoms with Crippen molar-refractivity contribution in [2.75, 3.05) is 6.54 Å². The Hall–Kier alpha value is -2.34. The Morgan fingerprint density at radius 2 is 2.05 bits per heavy atom. The second-order valence-electron chi connectivity index (χ2n) is 5.35. The third-order valence-electron chi connectivity index (χ3n) is 3.83. The zero-order valence-electron chi connectivity index (χ0n) is 12.1. The molecule has 1 aliphatic rings. The van der Waals surface area contributed by atoms with Crippen molar-refractivity contribution in [2.45, 2.75) is 25.8 Å². The number of carboxylic acid groups (broad SMARTS) is 1. The number of carboxylic acids is 1. The van der Waals surface area contributed by atoms with Crippen LogP contribution in [0.3, 0.4) is 0 Å². The normalized spacial score (nSPS) is 15.2. The molecular formula is C16H16FN3O2. The van der Waals surface area contributed by atoms with Crippen molar-refractivity contribution in [3.63, 3.8) is 0 Å². The van der Waals surface area contributed by atoms with Crippen molar-refractivity contribution in [1.82, 2.24) is 15.3 Å². The number of benzene rings is 1. The monoisotopic (exact) mass is 301 g/mol. The van der Waals surface area contributed by atoms with Crippen LogP contribution in [0, 0.1) is 5.82 Å². The fourth-order valence-corrected chi connectivity index (χ4v) is 2.51. The molecule has 1 aromatic carbocycles. The van der Waals surface area contributed by atoms with Crippen molar-refractivity contribution in [1.29, 1.82) is 0 Å². The second-order valence-corrected chi connectivity index (χ2v) is 5.35. The van der Waals surface area contributed by atoms with Gasteiger partial charge in [-0.3, -0.25) is 4.79 Å². The number of halogens is 1. The number of fused-ring (bicyclic) bond motifs is 1. The number of hydrogen-bond acceptors (Lipinski definition) is 4. The molecule has 2 aromatic rings. The highest BCUT2D eigenvalue weighted by molar-refractivity contribution is 5.75. The molecule has 3 rings (SSSR count). The third kappa shape index (κ3) is 2.69. The summed E-state index contributed by atoms with van der Waals surface area (Å²) in [6.45, 7) is 3.00. The van der Waals surface area contributed by atoms with Crippen LogP contribution in [0.15, 0.2) is 24.3 Å². The maximum atomic E-state index is 13.1. The summed E-state index contributed by atoms with van der Waals surface area (Å²) in [4.78, 5) is 20.1. The van der Waals surface area contributed by atoms with Crippen LogP contribution in [0.25, 0.3) is 11.3 Å². The molecular weight excluding hydrogens is 285 g/mol. The molecule has 1 atom stereocenters. The summed E-state index contributed by atoms with van der Waals surface area (Å²) in [6.07, 6.45) is 0.728. The van der Waals surface area contributed by atoms with E-state index in [0.29, 0.717) is 18.1 Å². The van der Waals surface area contributed by atoms with E-state index in [1.807, 2.05) is 0 Å². The Bertz CT molecular complexity index is 716. The van der Waals surface area contributed by atoms with Crippen LogP contribution in [-0.4, -0.2) is 27.6 Å². The molecule has 0 radical (unpaired) electrons. The lowest BCUT2D eigenvalue weighted by Crippen LogP contribution is -2.27. The average molecular weight is 301 g/mol. The number of nitrogens with zero attached hydrogens (tertiary/aromatic N) is 2. The second kappa shape index (κ2) is 5.81. The Labute approximate surface area is 127 Å². The zero-order chi connectivity index (χ0) is 15.7. The lowest BCUT2D eigenvalue weighted by atomic mass is 9.99. The fourth-order valence-electron chi connectivity index (χ4n) is 2.51. The highest BCUT2D eigenvalue weighted by Crippen LogP contribution is 2.27. The van der Waals surface area contributed by atoms with Gasteiger partial charge in [-0.2, -0.15) is 0 Å². The highest BCUT2D eigenvalue weighted by Gasteiger charge is 2.23. The van der Waals surface area contributed by atoms with Gasteiger partial charge in [0, 0.05) is 30.6 Å². The van der Waals surface area contributed by atoms with E-state index in [4.69, 9.17) is 0 Å². The van der Waals surface area contributed by atoms with Crippen LogP contribution in [-0.2, 0) is 17.8 Å². The third-order valence-corrected chi connectivity index (χ3v) is 3.83. The van der Waals surface area contributed by atoms with E-state index in [1.54, 1.807) is 19.1 Å². The average Bonchev–Trinajstić information content (AvgIpc) is 2.54. The first kappa shape index (κ1) is 14.6. The lowest BCUT2D eigenvalue weighted by molar-refractivity contribution is -0.138. The lowest BCUT2D eigenvalue weighted by Gasteiger charge is -2.21. The van der Waals surface area contributed by atoms with Crippen LogP contribution < -0.4 is 5.32 Å². The maximum Gasteiger partial charge on any atom is 0.313 e. The zero-order valence-corrected chi connectivity index (χ0v) is 12.1. The van der Waals surface area contributed by atoms with E-state index in [0.717, 1.165) is 29.8 Å². The van der Waals surface area contributed by atoms with Crippen molar-refractivity contribution in [3.05, 3.63) is 47.2 Å². The smallest absolute Gasteiger partial charge is 0.313 e. The largest absolute Gasteiger partial charge is 0.481 e. The molecule has 0 bridgehead atoms. The molecule has 114 valence electrons. The van der Waals surface area contributed by atoms with Crippen LogP contribution in [0.5, 0.6) is 0 Å². The van der Waals surface area contributed by atoms with Gasteiger partial charge in [-0.1, -0.05) is 0 Å². The van der Waals surface area contributed by atoms with E-state index >= 15 is 0 Å². The van der Waals surface area contributed by atoms with Crippen molar-refractivity contribution in [3.8, 4) is 11.3 Å². The molecule has 0 aliphatic carbocycles. The molecule has 1 aromatic heterocycles. The summed E-state index contributed by atoms with van der Waals surface area (Å²) >= 11 is 0. The topological polar surface area (TPSA) is 75.1 Å². The van der Waals surface area contributed by atoms with Gasteiger partial charge in [-0.25, -0.2) is 14.4 Å². The Morgan fingerprint density at radius 1 is 1.32 bits per heavy atom. The minimum absolute atomic E-state index is 0.299. The Morgan fingerprint density at radius 3 is 2.73 bits per heavy atom. The molecule has 0 saturated carbocycles. The molecule has 6 heteroatoms. The number of aliphatic carboxylic acids is 1. The van der Waals surface area contributed by atoms with Gasteiger partial charge >= 0.3 is 5.97 Å². The SMILES string of the molecule is CC(C(=O)O)c1nc2c(c(-c3ccc(F)cc3)n1)CNCC2. The van der Waals surface area contributed by atoms with Crippen LogP contribution >= 0.6 is 0 Å². The molecule has 2 heterocycles. The van der Waals surface area contributed by atoms with Gasteiger partial charge in [0.05, 0.1) is 11.4 Å². The summed E-state index contributed by atoms with van der Waals surface area (Å²) in [7, 11) is 0. The summed E-state index contributed by atoms with van der Waals surface area (Å²) in [5.41, 5.74) is 3.28. The van der Waals surface area contributed by atoms with Crippen molar-refractivity contribution >= 4 is 5.97 Å². The van der Waals surface area contributed by atoms with Crippen LogP contribution in [0.1, 0.15) is 29.9 Å². The maximum absolute atomic E-state index is 13.1. The number of hydrogen-bond donors (Lipinski definition) is 2. The first-order valence-corrected chi connectivity index (χ1v) is 7.15. The van der Waals surface area contributed by atoms with E-state index in [2.05, 4.69) is 15.3 Å². The summed E-state index contributed by atoms with van der Waals surface area (Å²) in [6, 6.07) is 6.06. The number of carbonyl (C=O) groups is 1. The minimum Gasteiger partial charge on any atom is -0.481 e. The van der Waals surface area contributed by atoms with Gasteiger partial charge in [-0.05, 0) is 31.2 Å². The molecule has 0 spiro atoms. The molecule has 22 heavy (non-hydrogen) atoms. The van der Waals surface area contributed by atoms with Crippen molar-refractivity contribution < 1.29 is 14.3 Å². The van der Waals surface area contributed by atoms with E-state index in [9.17, 15) is 14.3 Å². The first-order valence-electron chi connectivity index (χ1n) is 7.15. The van der Waals surface area contributed by atoms with Crippen LogP contribution in [0.2, 0.25) is 0 Å². The molecule has 1 unspecified atom stereocenters. The predicted octanol–water partition coefficient (Wildman–Crippen LogP) is 2.12. The quantitative estimate of drug-likeness (QED) is 0.908. The van der Waals surface area contributed by atoms with Gasteiger partial charge in [0.15, 0.2) is 0 Å². The molecule has 0 amide bonds. The van der Waals surface area contributed by atoms with E-state index in [1.165, 1.54) is 12.1 Å². The predicted molar refractivity (Wildman–Crippen MR) is 78.9 cm³/mol. The summed E-state index contributed by atoms with van der Waals surface area (Å²) < 4.78 is 13.1. The number of rotatable bonds is 3. The van der Waals surface area contributed by atoms with Crippen LogP contribution in [0.4, 0.5) is 4.39 Å². The summed E-state index contributed by atoms with van der Waals surface area (Å²) in [5.74, 6) is -1.75. The van der Waals surface area contributed by atoms with Gasteiger partial charge in [-0.15, -0.1) is 0 Å². The van der Waals surface area contributed by atoms with E-state index in [-0.39, 0.29) is 5.82 Å². The highest BCUT2D eigenvalue weighted by atomic mass is 19.1. The molecule has 1 aliphatic heterocycles. The van der Waals surface area contributed by atoms with Gasteiger partial charge in [0.1, 0.15) is 17.6 Å². The molecule has 5 nitrogen and oxygen atoms in total. The Balaban J connectivity index is 2.16. The van der Waals surface area contributed by atoms with Gasteiger partial charge in [0.25, 0.3) is 0 Å². The van der Waals surface area contributed by atoms with E-state index < -0.39 is 11.9 Å². The van der Waals surface area contributed by atoms with Crippen molar-refractivity contribution in [2.24, 2.45) is 0 Å². The number of nitrogens with one attached hydrogen (secondary N) is 1. The standard InChI is InChI=1S/C16H16FN3O2/c1-9(16(21)22)15-19-13-6-7-18-8-12(13)14(20-15)10-2-4-11(17)5-3-10/h2-5,9,18H,6-8H2,1H3,(H,21,22). The summed E-state index contributed by atoms with van der Waals surface area (Å²) in [5, 5.41) is 12.5. The fraction of sp³-hybridized carbons (Fsp3) is 0.312. The Kier molecular flexibility index (Phi) is 3.85.